The number of amides is 1. The lowest BCUT2D eigenvalue weighted by Gasteiger charge is -2.13. The molecule has 2 rings (SSSR count). The first-order chi connectivity index (χ1) is 10.6. The van der Waals surface area contributed by atoms with Crippen molar-refractivity contribution in [2.24, 2.45) is 0 Å². The summed E-state index contributed by atoms with van der Waals surface area (Å²) in [5.41, 5.74) is 2.35. The van der Waals surface area contributed by atoms with E-state index in [1.165, 1.54) is 18.2 Å². The SMILES string of the molecule is CC(C)OCc1ccccc1CNC(=O)c1cccc(F)c1. The number of ether oxygens (including phenoxy) is 1. The molecule has 0 aliphatic heterocycles. The Hall–Kier alpha value is -2.20. The van der Waals surface area contributed by atoms with Gasteiger partial charge in [0, 0.05) is 12.1 Å². The lowest BCUT2D eigenvalue weighted by Crippen LogP contribution is -2.23. The molecule has 116 valence electrons. The van der Waals surface area contributed by atoms with E-state index in [1.54, 1.807) is 6.07 Å². The van der Waals surface area contributed by atoms with Crippen molar-refractivity contribution in [1.29, 1.82) is 0 Å². The van der Waals surface area contributed by atoms with Crippen LogP contribution >= 0.6 is 0 Å². The predicted octanol–water partition coefficient (Wildman–Crippen LogP) is 3.68. The second-order valence-electron chi connectivity index (χ2n) is 5.32. The molecule has 4 heteroatoms. The number of carbonyl (C=O) groups is 1. The van der Waals surface area contributed by atoms with Crippen LogP contribution in [0.1, 0.15) is 35.3 Å². The van der Waals surface area contributed by atoms with Gasteiger partial charge < -0.3 is 10.1 Å². The molecule has 0 aliphatic carbocycles. The molecular formula is C18H20FNO2. The highest BCUT2D eigenvalue weighted by Crippen LogP contribution is 2.12. The van der Waals surface area contributed by atoms with Gasteiger partial charge in [-0.25, -0.2) is 4.39 Å². The Balaban J connectivity index is 2.00. The van der Waals surface area contributed by atoms with E-state index in [0.717, 1.165) is 11.1 Å². The lowest BCUT2D eigenvalue weighted by atomic mass is 10.1. The molecule has 0 fully saturated rings. The van der Waals surface area contributed by atoms with Gasteiger partial charge in [0.1, 0.15) is 5.82 Å². The number of benzene rings is 2. The minimum absolute atomic E-state index is 0.148. The fraction of sp³-hybridized carbons (Fsp3) is 0.278. The van der Waals surface area contributed by atoms with Gasteiger partial charge in [0.25, 0.3) is 5.91 Å². The maximum absolute atomic E-state index is 13.1. The first-order valence-electron chi connectivity index (χ1n) is 7.28. The Bertz CT molecular complexity index is 640. The molecule has 2 aromatic carbocycles. The number of carbonyl (C=O) groups excluding carboxylic acids is 1. The van der Waals surface area contributed by atoms with Crippen LogP contribution < -0.4 is 5.32 Å². The third-order valence-electron chi connectivity index (χ3n) is 3.22. The highest BCUT2D eigenvalue weighted by molar-refractivity contribution is 5.94. The average Bonchev–Trinajstić information content (AvgIpc) is 2.51. The van der Waals surface area contributed by atoms with Crippen LogP contribution in [-0.4, -0.2) is 12.0 Å². The van der Waals surface area contributed by atoms with Crippen molar-refractivity contribution in [2.75, 3.05) is 0 Å². The minimum atomic E-state index is -0.418. The first kappa shape index (κ1) is 16.2. The fourth-order valence-electron chi connectivity index (χ4n) is 2.03. The summed E-state index contributed by atoms with van der Waals surface area (Å²) in [6.07, 6.45) is 0.148. The smallest absolute Gasteiger partial charge is 0.251 e. The van der Waals surface area contributed by atoms with Crippen molar-refractivity contribution in [3.8, 4) is 0 Å². The van der Waals surface area contributed by atoms with Crippen molar-refractivity contribution in [1.82, 2.24) is 5.32 Å². The molecule has 0 aromatic heterocycles. The van der Waals surface area contributed by atoms with Crippen molar-refractivity contribution in [2.45, 2.75) is 33.1 Å². The van der Waals surface area contributed by atoms with E-state index in [-0.39, 0.29) is 12.0 Å². The van der Waals surface area contributed by atoms with Crippen molar-refractivity contribution >= 4 is 5.91 Å². The molecule has 0 atom stereocenters. The van der Waals surface area contributed by atoms with Gasteiger partial charge in [-0.3, -0.25) is 4.79 Å². The molecular weight excluding hydrogens is 281 g/mol. The highest BCUT2D eigenvalue weighted by atomic mass is 19.1. The zero-order chi connectivity index (χ0) is 15.9. The number of hydrogen-bond acceptors (Lipinski definition) is 2. The molecule has 2 aromatic rings. The van der Waals surface area contributed by atoms with Gasteiger partial charge in [-0.2, -0.15) is 0 Å². The molecule has 0 radical (unpaired) electrons. The Kier molecular flexibility index (Phi) is 5.67. The molecule has 1 amide bonds. The van der Waals surface area contributed by atoms with Crippen LogP contribution in [0.5, 0.6) is 0 Å². The molecule has 0 saturated carbocycles. The first-order valence-corrected chi connectivity index (χ1v) is 7.28. The molecule has 0 spiro atoms. The molecule has 3 nitrogen and oxygen atoms in total. The molecule has 22 heavy (non-hydrogen) atoms. The largest absolute Gasteiger partial charge is 0.374 e. The summed E-state index contributed by atoms with van der Waals surface area (Å²) >= 11 is 0. The van der Waals surface area contributed by atoms with E-state index in [0.29, 0.717) is 18.7 Å². The lowest BCUT2D eigenvalue weighted by molar-refractivity contribution is 0.0651. The monoisotopic (exact) mass is 301 g/mol. The maximum atomic E-state index is 13.1. The summed E-state index contributed by atoms with van der Waals surface area (Å²) in [6.45, 7) is 4.85. The summed E-state index contributed by atoms with van der Waals surface area (Å²) in [4.78, 5) is 12.0. The van der Waals surface area contributed by atoms with Crippen molar-refractivity contribution in [3.63, 3.8) is 0 Å². The van der Waals surface area contributed by atoms with E-state index in [1.807, 2.05) is 38.1 Å². The van der Waals surface area contributed by atoms with Gasteiger partial charge in [0.2, 0.25) is 0 Å². The van der Waals surface area contributed by atoms with Gasteiger partial charge in [-0.1, -0.05) is 30.3 Å². The van der Waals surface area contributed by atoms with E-state index >= 15 is 0 Å². The summed E-state index contributed by atoms with van der Waals surface area (Å²) in [7, 11) is 0. The van der Waals surface area contributed by atoms with Crippen molar-refractivity contribution < 1.29 is 13.9 Å². The quantitative estimate of drug-likeness (QED) is 0.884. The summed E-state index contributed by atoms with van der Waals surface area (Å²) in [5, 5.41) is 2.81. The number of halogens is 1. The number of rotatable bonds is 6. The molecule has 0 unspecified atom stereocenters. The normalized spacial score (nSPS) is 10.7. The van der Waals surface area contributed by atoms with Crippen LogP contribution in [0.4, 0.5) is 4.39 Å². The van der Waals surface area contributed by atoms with Crippen LogP contribution in [0.2, 0.25) is 0 Å². The molecule has 0 heterocycles. The van der Waals surface area contributed by atoms with E-state index in [4.69, 9.17) is 4.74 Å². The average molecular weight is 301 g/mol. The standard InChI is InChI=1S/C18H20FNO2/c1-13(2)22-12-16-7-4-3-6-15(16)11-20-18(21)14-8-5-9-17(19)10-14/h3-10,13H,11-12H2,1-2H3,(H,20,21). The molecule has 0 aliphatic rings. The Morgan fingerprint density at radius 1 is 1.14 bits per heavy atom. The van der Waals surface area contributed by atoms with Crippen LogP contribution in [0.3, 0.4) is 0 Å². The van der Waals surface area contributed by atoms with Gasteiger partial charge in [0.05, 0.1) is 12.7 Å². The summed E-state index contributed by atoms with van der Waals surface area (Å²) < 4.78 is 18.7. The fourth-order valence-corrected chi connectivity index (χ4v) is 2.03. The highest BCUT2D eigenvalue weighted by Gasteiger charge is 2.08. The zero-order valence-corrected chi connectivity index (χ0v) is 12.8. The number of hydrogen-bond donors (Lipinski definition) is 1. The van der Waals surface area contributed by atoms with Gasteiger partial charge in [-0.15, -0.1) is 0 Å². The Morgan fingerprint density at radius 3 is 2.55 bits per heavy atom. The second-order valence-corrected chi connectivity index (χ2v) is 5.32. The molecule has 0 bridgehead atoms. The van der Waals surface area contributed by atoms with Crippen molar-refractivity contribution in [3.05, 3.63) is 71.0 Å². The van der Waals surface area contributed by atoms with Crippen LogP contribution in [0, 0.1) is 5.82 Å². The number of nitrogens with one attached hydrogen (secondary N) is 1. The Morgan fingerprint density at radius 2 is 1.86 bits per heavy atom. The minimum Gasteiger partial charge on any atom is -0.374 e. The second kappa shape index (κ2) is 7.71. The van der Waals surface area contributed by atoms with Crippen LogP contribution in [-0.2, 0) is 17.9 Å². The van der Waals surface area contributed by atoms with Crippen LogP contribution in [0.25, 0.3) is 0 Å². The topological polar surface area (TPSA) is 38.3 Å². The molecule has 1 N–H and O–H groups in total. The van der Waals surface area contributed by atoms with E-state index < -0.39 is 5.82 Å². The van der Waals surface area contributed by atoms with Gasteiger partial charge in [0.15, 0.2) is 0 Å². The maximum Gasteiger partial charge on any atom is 0.251 e. The summed E-state index contributed by atoms with van der Waals surface area (Å²) in [5.74, 6) is -0.711. The Labute approximate surface area is 130 Å². The summed E-state index contributed by atoms with van der Waals surface area (Å²) in [6, 6.07) is 13.4. The third kappa shape index (κ3) is 4.67. The van der Waals surface area contributed by atoms with E-state index in [2.05, 4.69) is 5.32 Å². The third-order valence-corrected chi connectivity index (χ3v) is 3.22. The van der Waals surface area contributed by atoms with Crippen LogP contribution in [0.15, 0.2) is 48.5 Å². The molecule has 0 saturated heterocycles. The zero-order valence-electron chi connectivity index (χ0n) is 12.8. The van der Waals surface area contributed by atoms with Gasteiger partial charge >= 0.3 is 0 Å². The predicted molar refractivity (Wildman–Crippen MR) is 83.9 cm³/mol. The van der Waals surface area contributed by atoms with E-state index in [9.17, 15) is 9.18 Å². The van der Waals surface area contributed by atoms with Gasteiger partial charge in [-0.05, 0) is 43.2 Å².